The number of piperazine rings is 1. The Morgan fingerprint density at radius 1 is 1.19 bits per heavy atom. The summed E-state index contributed by atoms with van der Waals surface area (Å²) in [6.45, 7) is 4.83. The van der Waals surface area contributed by atoms with Crippen LogP contribution in [0.4, 0.5) is 4.39 Å². The van der Waals surface area contributed by atoms with Gasteiger partial charge in [0.05, 0.1) is 6.04 Å². The molecule has 27 heavy (non-hydrogen) atoms. The van der Waals surface area contributed by atoms with E-state index in [-0.39, 0.29) is 17.8 Å². The lowest BCUT2D eigenvalue weighted by atomic mass is 10.1. The molecule has 146 valence electrons. The third-order valence-electron chi connectivity index (χ3n) is 5.13. The van der Waals surface area contributed by atoms with Crippen LogP contribution in [0, 0.1) is 5.82 Å². The predicted molar refractivity (Wildman–Crippen MR) is 108 cm³/mol. The minimum Gasteiger partial charge on any atom is -0.354 e. The number of hydrogen-bond acceptors (Lipinski definition) is 4. The molecule has 0 bridgehead atoms. The molecule has 4 nitrogen and oxygen atoms in total. The molecule has 2 heterocycles. The first kappa shape index (κ1) is 20.0. The van der Waals surface area contributed by atoms with Gasteiger partial charge in [-0.1, -0.05) is 18.2 Å². The van der Waals surface area contributed by atoms with Crippen LogP contribution in [0.1, 0.15) is 29.3 Å². The van der Waals surface area contributed by atoms with Crippen molar-refractivity contribution in [3.8, 4) is 0 Å². The SMILES string of the molecule is CN1CCN(C(CNC(=O)CCCc2ccc(F)cc2)c2cccs2)CC1. The van der Waals surface area contributed by atoms with Crippen LogP contribution in [0.15, 0.2) is 41.8 Å². The second kappa shape index (κ2) is 9.97. The van der Waals surface area contributed by atoms with E-state index < -0.39 is 0 Å². The average molecular weight is 390 g/mol. The van der Waals surface area contributed by atoms with Crippen molar-refractivity contribution >= 4 is 17.2 Å². The van der Waals surface area contributed by atoms with Crippen LogP contribution in [0.25, 0.3) is 0 Å². The Morgan fingerprint density at radius 2 is 1.93 bits per heavy atom. The maximum atomic E-state index is 12.9. The molecule has 1 unspecified atom stereocenters. The van der Waals surface area contributed by atoms with Crippen LogP contribution in [0.2, 0.25) is 0 Å². The van der Waals surface area contributed by atoms with Gasteiger partial charge in [-0.3, -0.25) is 9.69 Å². The Morgan fingerprint density at radius 3 is 2.59 bits per heavy atom. The van der Waals surface area contributed by atoms with Gasteiger partial charge in [0.25, 0.3) is 0 Å². The highest BCUT2D eigenvalue weighted by Crippen LogP contribution is 2.25. The molecule has 1 atom stereocenters. The number of carbonyl (C=O) groups is 1. The largest absolute Gasteiger partial charge is 0.354 e. The number of nitrogens with zero attached hydrogens (tertiary/aromatic N) is 2. The summed E-state index contributed by atoms with van der Waals surface area (Å²) in [6, 6.07) is 11.0. The van der Waals surface area contributed by atoms with Crippen LogP contribution >= 0.6 is 11.3 Å². The molecule has 1 saturated heterocycles. The van der Waals surface area contributed by atoms with Gasteiger partial charge in [-0.25, -0.2) is 4.39 Å². The van der Waals surface area contributed by atoms with Gasteiger partial charge in [0.2, 0.25) is 5.91 Å². The van der Waals surface area contributed by atoms with Gasteiger partial charge in [0.15, 0.2) is 0 Å². The second-order valence-corrected chi connectivity index (χ2v) is 8.13. The van der Waals surface area contributed by atoms with Gasteiger partial charge in [-0.05, 0) is 49.0 Å². The summed E-state index contributed by atoms with van der Waals surface area (Å²) >= 11 is 1.76. The van der Waals surface area contributed by atoms with Crippen LogP contribution in [-0.2, 0) is 11.2 Å². The number of benzene rings is 1. The van der Waals surface area contributed by atoms with E-state index in [1.165, 1.54) is 17.0 Å². The molecular weight excluding hydrogens is 361 g/mol. The van der Waals surface area contributed by atoms with E-state index in [1.807, 2.05) is 0 Å². The van der Waals surface area contributed by atoms with Gasteiger partial charge in [-0.15, -0.1) is 11.3 Å². The zero-order chi connectivity index (χ0) is 19.1. The van der Waals surface area contributed by atoms with Crippen molar-refractivity contribution in [1.82, 2.24) is 15.1 Å². The zero-order valence-electron chi connectivity index (χ0n) is 15.9. The first-order valence-corrected chi connectivity index (χ1v) is 10.5. The Kier molecular flexibility index (Phi) is 7.38. The zero-order valence-corrected chi connectivity index (χ0v) is 16.7. The smallest absolute Gasteiger partial charge is 0.220 e. The molecule has 1 aromatic carbocycles. The molecule has 1 amide bonds. The summed E-state index contributed by atoms with van der Waals surface area (Å²) in [5.41, 5.74) is 1.07. The molecule has 1 N–H and O–H groups in total. The quantitative estimate of drug-likeness (QED) is 0.752. The monoisotopic (exact) mass is 389 g/mol. The van der Waals surface area contributed by atoms with E-state index in [9.17, 15) is 9.18 Å². The molecule has 1 fully saturated rings. The van der Waals surface area contributed by atoms with Gasteiger partial charge < -0.3 is 10.2 Å². The molecule has 0 spiro atoms. The molecule has 1 aromatic heterocycles. The van der Waals surface area contributed by atoms with Crippen molar-refractivity contribution in [3.63, 3.8) is 0 Å². The van der Waals surface area contributed by atoms with Crippen LogP contribution in [-0.4, -0.2) is 55.5 Å². The van der Waals surface area contributed by atoms with Crippen molar-refractivity contribution in [2.24, 2.45) is 0 Å². The number of nitrogens with one attached hydrogen (secondary N) is 1. The fourth-order valence-corrected chi connectivity index (χ4v) is 4.29. The summed E-state index contributed by atoms with van der Waals surface area (Å²) in [5, 5.41) is 5.23. The first-order chi connectivity index (χ1) is 13.1. The maximum Gasteiger partial charge on any atom is 0.220 e. The molecule has 0 radical (unpaired) electrons. The molecule has 1 aliphatic rings. The van der Waals surface area contributed by atoms with E-state index in [4.69, 9.17) is 0 Å². The number of rotatable bonds is 8. The van der Waals surface area contributed by atoms with Crippen molar-refractivity contribution in [2.45, 2.75) is 25.3 Å². The fourth-order valence-electron chi connectivity index (χ4n) is 3.43. The molecule has 1 aliphatic heterocycles. The number of aryl methyl sites for hydroxylation is 1. The van der Waals surface area contributed by atoms with Crippen LogP contribution < -0.4 is 5.32 Å². The summed E-state index contributed by atoms with van der Waals surface area (Å²) in [5.74, 6) is -0.132. The first-order valence-electron chi connectivity index (χ1n) is 9.59. The van der Waals surface area contributed by atoms with E-state index >= 15 is 0 Å². The Labute approximate surface area is 165 Å². The number of halogens is 1. The number of likely N-dealkylation sites (N-methyl/N-ethyl adjacent to an activating group) is 1. The molecular formula is C21H28FN3OS. The van der Waals surface area contributed by atoms with E-state index in [2.05, 4.69) is 39.7 Å². The lowest BCUT2D eigenvalue weighted by molar-refractivity contribution is -0.121. The highest BCUT2D eigenvalue weighted by molar-refractivity contribution is 7.10. The fraction of sp³-hybridized carbons (Fsp3) is 0.476. The molecule has 2 aromatic rings. The summed E-state index contributed by atoms with van der Waals surface area (Å²) in [4.78, 5) is 18.4. The van der Waals surface area contributed by atoms with Gasteiger partial charge in [0, 0.05) is 44.0 Å². The molecule has 6 heteroatoms. The molecule has 3 rings (SSSR count). The van der Waals surface area contributed by atoms with Gasteiger partial charge in [0.1, 0.15) is 5.82 Å². The van der Waals surface area contributed by atoms with Gasteiger partial charge >= 0.3 is 0 Å². The van der Waals surface area contributed by atoms with Crippen molar-refractivity contribution < 1.29 is 9.18 Å². The number of hydrogen-bond donors (Lipinski definition) is 1. The summed E-state index contributed by atoms with van der Waals surface area (Å²) in [7, 11) is 2.15. The topological polar surface area (TPSA) is 35.6 Å². The normalized spacial score (nSPS) is 17.0. The van der Waals surface area contributed by atoms with E-state index in [0.717, 1.165) is 44.6 Å². The van der Waals surface area contributed by atoms with Crippen molar-refractivity contribution in [1.29, 1.82) is 0 Å². The van der Waals surface area contributed by atoms with E-state index in [0.29, 0.717) is 13.0 Å². The summed E-state index contributed by atoms with van der Waals surface area (Å²) in [6.07, 6.45) is 2.06. The lowest BCUT2D eigenvalue weighted by Crippen LogP contribution is -2.48. The molecule has 0 saturated carbocycles. The van der Waals surface area contributed by atoms with Gasteiger partial charge in [-0.2, -0.15) is 0 Å². The Bertz CT molecular complexity index is 697. The minimum absolute atomic E-state index is 0.0906. The third-order valence-corrected chi connectivity index (χ3v) is 6.10. The number of thiophene rings is 1. The average Bonchev–Trinajstić information content (AvgIpc) is 3.19. The van der Waals surface area contributed by atoms with Crippen LogP contribution in [0.3, 0.4) is 0 Å². The second-order valence-electron chi connectivity index (χ2n) is 7.15. The number of carbonyl (C=O) groups excluding carboxylic acids is 1. The number of amides is 1. The van der Waals surface area contributed by atoms with Crippen molar-refractivity contribution in [3.05, 3.63) is 58.0 Å². The van der Waals surface area contributed by atoms with E-state index in [1.54, 1.807) is 23.5 Å². The van der Waals surface area contributed by atoms with Crippen LogP contribution in [0.5, 0.6) is 0 Å². The highest BCUT2D eigenvalue weighted by Gasteiger charge is 2.24. The Balaban J connectivity index is 1.46. The third kappa shape index (κ3) is 6.13. The standard InChI is InChI=1S/C21H28FN3OS/c1-24-11-13-25(14-12-24)19(20-5-3-15-27-20)16-23-21(26)6-2-4-17-7-9-18(22)10-8-17/h3,5,7-10,15,19H,2,4,6,11-14,16H2,1H3,(H,23,26). The highest BCUT2D eigenvalue weighted by atomic mass is 32.1. The summed E-state index contributed by atoms with van der Waals surface area (Å²) < 4.78 is 12.9. The minimum atomic E-state index is -0.222. The molecule has 0 aliphatic carbocycles. The lowest BCUT2D eigenvalue weighted by Gasteiger charge is -2.37. The Hall–Kier alpha value is -1.76. The maximum absolute atomic E-state index is 12.9. The van der Waals surface area contributed by atoms with Crippen molar-refractivity contribution in [2.75, 3.05) is 39.8 Å². The predicted octanol–water partition coefficient (Wildman–Crippen LogP) is 3.31.